The second-order valence-electron chi connectivity index (χ2n) is 5.21. The molecule has 0 aromatic carbocycles. The second kappa shape index (κ2) is 7.53. The van der Waals surface area contributed by atoms with Crippen LogP contribution in [0.1, 0.15) is 34.7 Å². The number of ether oxygens (including phenoxy) is 1. The Morgan fingerprint density at radius 2 is 1.91 bits per heavy atom. The number of carbonyl (C=O) groups excluding carboxylic acids is 3. The van der Waals surface area contributed by atoms with E-state index in [1.54, 1.807) is 34.0 Å². The molecule has 0 bridgehead atoms. The molecule has 0 aliphatic rings. The number of likely N-dealkylation sites (N-methyl/N-ethyl adjacent to an activating group) is 1. The third-order valence-corrected chi connectivity index (χ3v) is 3.10. The fraction of sp³-hybridized carbons (Fsp3) is 0.467. The summed E-state index contributed by atoms with van der Waals surface area (Å²) < 4.78 is 4.66. The van der Waals surface area contributed by atoms with Crippen LogP contribution < -0.4 is 0 Å². The third kappa shape index (κ3) is 4.03. The molecule has 0 saturated heterocycles. The van der Waals surface area contributed by atoms with Crippen LogP contribution in [0, 0.1) is 0 Å². The maximum atomic E-state index is 12.7. The maximum Gasteiger partial charge on any atom is 0.340 e. The monoisotopic (exact) mass is 307 g/mol. The molecule has 1 aromatic rings. The lowest BCUT2D eigenvalue weighted by atomic mass is 10.1. The van der Waals surface area contributed by atoms with Crippen LogP contribution in [-0.2, 0) is 9.53 Å². The Bertz CT molecular complexity index is 570. The van der Waals surface area contributed by atoms with Crippen LogP contribution in [0.4, 0.5) is 0 Å². The van der Waals surface area contributed by atoms with Crippen molar-refractivity contribution >= 4 is 17.8 Å². The normalized spacial score (nSPS) is 10.3. The number of pyridine rings is 1. The maximum absolute atomic E-state index is 12.7. The minimum atomic E-state index is -0.640. The molecule has 0 aliphatic carbocycles. The van der Waals surface area contributed by atoms with Crippen LogP contribution in [0.15, 0.2) is 18.3 Å². The zero-order valence-electron chi connectivity index (χ0n) is 13.5. The van der Waals surface area contributed by atoms with Crippen molar-refractivity contribution < 1.29 is 19.1 Å². The molecule has 0 radical (unpaired) electrons. The SMILES string of the molecule is COC(=O)c1cccnc1C(=O)N(CC(=O)N(C)C)C(C)C. The van der Waals surface area contributed by atoms with Gasteiger partial charge in [-0.1, -0.05) is 0 Å². The van der Waals surface area contributed by atoms with E-state index in [0.29, 0.717) is 0 Å². The Labute approximate surface area is 129 Å². The van der Waals surface area contributed by atoms with Gasteiger partial charge in [0.25, 0.3) is 5.91 Å². The topological polar surface area (TPSA) is 79.8 Å². The number of hydrogen-bond acceptors (Lipinski definition) is 5. The summed E-state index contributed by atoms with van der Waals surface area (Å²) >= 11 is 0. The summed E-state index contributed by atoms with van der Waals surface area (Å²) in [5.41, 5.74) is 0.0626. The lowest BCUT2D eigenvalue weighted by Crippen LogP contribution is -2.44. The third-order valence-electron chi connectivity index (χ3n) is 3.10. The highest BCUT2D eigenvalue weighted by molar-refractivity contribution is 6.04. The van der Waals surface area contributed by atoms with Gasteiger partial charge in [-0.3, -0.25) is 14.6 Å². The van der Waals surface area contributed by atoms with Gasteiger partial charge in [0.05, 0.1) is 12.7 Å². The van der Waals surface area contributed by atoms with E-state index in [1.165, 1.54) is 29.2 Å². The second-order valence-corrected chi connectivity index (χ2v) is 5.21. The first-order chi connectivity index (χ1) is 10.3. The van der Waals surface area contributed by atoms with Gasteiger partial charge < -0.3 is 14.5 Å². The fourth-order valence-corrected chi connectivity index (χ4v) is 1.76. The van der Waals surface area contributed by atoms with E-state index in [-0.39, 0.29) is 29.8 Å². The minimum absolute atomic E-state index is 0.0189. The summed E-state index contributed by atoms with van der Waals surface area (Å²) in [6.07, 6.45) is 1.42. The number of hydrogen-bond donors (Lipinski definition) is 0. The van der Waals surface area contributed by atoms with E-state index in [9.17, 15) is 14.4 Å². The first-order valence-corrected chi connectivity index (χ1v) is 6.84. The molecule has 120 valence electrons. The average molecular weight is 307 g/mol. The number of aromatic nitrogens is 1. The molecule has 1 rings (SSSR count). The van der Waals surface area contributed by atoms with E-state index >= 15 is 0 Å². The Balaban J connectivity index is 3.15. The standard InChI is InChI=1S/C15H21N3O4/c1-10(2)18(9-12(19)17(3)4)14(20)13-11(15(21)22-5)7-6-8-16-13/h6-8,10H,9H2,1-5H3. The largest absolute Gasteiger partial charge is 0.465 e. The molecule has 22 heavy (non-hydrogen) atoms. The van der Waals surface area contributed by atoms with Gasteiger partial charge in [0, 0.05) is 26.3 Å². The van der Waals surface area contributed by atoms with Crippen molar-refractivity contribution in [1.29, 1.82) is 0 Å². The molecule has 0 saturated carbocycles. The Hall–Kier alpha value is -2.44. The van der Waals surface area contributed by atoms with Crippen molar-refractivity contribution in [1.82, 2.24) is 14.8 Å². The van der Waals surface area contributed by atoms with E-state index in [4.69, 9.17) is 0 Å². The Morgan fingerprint density at radius 3 is 2.41 bits per heavy atom. The number of amides is 2. The van der Waals surface area contributed by atoms with Crippen molar-refractivity contribution in [3.63, 3.8) is 0 Å². The van der Waals surface area contributed by atoms with E-state index in [1.807, 2.05) is 0 Å². The van der Waals surface area contributed by atoms with Crippen molar-refractivity contribution in [2.75, 3.05) is 27.7 Å². The smallest absolute Gasteiger partial charge is 0.340 e. The summed E-state index contributed by atoms with van der Waals surface area (Å²) in [7, 11) is 4.47. The van der Waals surface area contributed by atoms with Gasteiger partial charge in [-0.2, -0.15) is 0 Å². The molecule has 1 heterocycles. The molecular weight excluding hydrogens is 286 g/mol. The Morgan fingerprint density at radius 1 is 1.27 bits per heavy atom. The zero-order valence-corrected chi connectivity index (χ0v) is 13.5. The molecule has 0 atom stereocenters. The van der Waals surface area contributed by atoms with Gasteiger partial charge >= 0.3 is 5.97 Å². The summed E-state index contributed by atoms with van der Waals surface area (Å²) in [4.78, 5) is 43.1. The molecule has 7 nitrogen and oxygen atoms in total. The molecule has 0 fully saturated rings. The van der Waals surface area contributed by atoms with E-state index in [2.05, 4.69) is 9.72 Å². The van der Waals surface area contributed by atoms with Crippen molar-refractivity contribution in [3.8, 4) is 0 Å². The molecule has 0 N–H and O–H groups in total. The minimum Gasteiger partial charge on any atom is -0.465 e. The van der Waals surface area contributed by atoms with Crippen LogP contribution >= 0.6 is 0 Å². The van der Waals surface area contributed by atoms with Crippen LogP contribution in [0.2, 0.25) is 0 Å². The number of nitrogens with zero attached hydrogens (tertiary/aromatic N) is 3. The van der Waals surface area contributed by atoms with Gasteiger partial charge in [0.1, 0.15) is 12.2 Å². The van der Waals surface area contributed by atoms with Crippen LogP contribution in [0.25, 0.3) is 0 Å². The first-order valence-electron chi connectivity index (χ1n) is 6.84. The predicted molar refractivity (Wildman–Crippen MR) is 80.4 cm³/mol. The highest BCUT2D eigenvalue weighted by atomic mass is 16.5. The van der Waals surface area contributed by atoms with E-state index < -0.39 is 11.9 Å². The predicted octanol–water partition coefficient (Wildman–Crippen LogP) is 0.807. The molecule has 2 amide bonds. The molecule has 1 aromatic heterocycles. The van der Waals surface area contributed by atoms with E-state index in [0.717, 1.165) is 0 Å². The summed E-state index contributed by atoms with van der Waals surface area (Å²) in [5, 5.41) is 0. The van der Waals surface area contributed by atoms with Gasteiger partial charge in [0.2, 0.25) is 5.91 Å². The lowest BCUT2D eigenvalue weighted by Gasteiger charge is -2.27. The summed E-state index contributed by atoms with van der Waals surface area (Å²) in [6.45, 7) is 3.50. The fourth-order valence-electron chi connectivity index (χ4n) is 1.76. The van der Waals surface area contributed by atoms with Crippen LogP contribution in [-0.4, -0.2) is 66.4 Å². The molecule has 0 aliphatic heterocycles. The highest BCUT2D eigenvalue weighted by Crippen LogP contribution is 2.12. The van der Waals surface area contributed by atoms with Crippen molar-refractivity contribution in [2.45, 2.75) is 19.9 Å². The zero-order chi connectivity index (χ0) is 16.9. The quantitative estimate of drug-likeness (QED) is 0.752. The number of methoxy groups -OCH3 is 1. The van der Waals surface area contributed by atoms with Gasteiger partial charge in [-0.05, 0) is 26.0 Å². The van der Waals surface area contributed by atoms with Crippen LogP contribution in [0.3, 0.4) is 0 Å². The lowest BCUT2D eigenvalue weighted by molar-refractivity contribution is -0.129. The molecule has 0 unspecified atom stereocenters. The van der Waals surface area contributed by atoms with Crippen molar-refractivity contribution in [3.05, 3.63) is 29.6 Å². The first kappa shape index (κ1) is 17.6. The number of esters is 1. The number of carbonyl (C=O) groups is 3. The van der Waals surface area contributed by atoms with Gasteiger partial charge in [-0.25, -0.2) is 4.79 Å². The molecule has 0 spiro atoms. The van der Waals surface area contributed by atoms with Crippen molar-refractivity contribution in [2.24, 2.45) is 0 Å². The van der Waals surface area contributed by atoms with Gasteiger partial charge in [-0.15, -0.1) is 0 Å². The highest BCUT2D eigenvalue weighted by Gasteiger charge is 2.27. The van der Waals surface area contributed by atoms with Gasteiger partial charge in [0.15, 0.2) is 0 Å². The molecule has 7 heteroatoms. The average Bonchev–Trinajstić information content (AvgIpc) is 2.50. The number of rotatable bonds is 5. The van der Waals surface area contributed by atoms with Crippen LogP contribution in [0.5, 0.6) is 0 Å². The Kier molecular flexibility index (Phi) is 6.03. The summed E-state index contributed by atoms with van der Waals surface area (Å²) in [6, 6.07) is 2.80. The summed E-state index contributed by atoms with van der Waals surface area (Å²) in [5.74, 6) is -1.33. The molecular formula is C15H21N3O4.